The van der Waals surface area contributed by atoms with Gasteiger partial charge in [-0.25, -0.2) is 0 Å². The summed E-state index contributed by atoms with van der Waals surface area (Å²) in [5, 5.41) is 10.6. The maximum atomic E-state index is 12.7. The van der Waals surface area contributed by atoms with Crippen molar-refractivity contribution in [3.05, 3.63) is 33.5 Å². The van der Waals surface area contributed by atoms with E-state index in [-0.39, 0.29) is 12.0 Å². The van der Waals surface area contributed by atoms with Crippen LogP contribution in [0.15, 0.2) is 11.4 Å². The molecule has 0 N–H and O–H groups in total. The van der Waals surface area contributed by atoms with Crippen molar-refractivity contribution < 1.29 is 9.53 Å². The lowest BCUT2D eigenvalue weighted by atomic mass is 10.0. The predicted molar refractivity (Wildman–Crippen MR) is 90.9 cm³/mol. The molecule has 6 nitrogen and oxygen atoms in total. The number of amides is 1. The Morgan fingerprint density at radius 3 is 3.12 bits per heavy atom. The van der Waals surface area contributed by atoms with Crippen molar-refractivity contribution in [1.82, 2.24) is 19.7 Å². The zero-order valence-corrected chi connectivity index (χ0v) is 14.9. The van der Waals surface area contributed by atoms with Gasteiger partial charge in [-0.2, -0.15) is 0 Å². The summed E-state index contributed by atoms with van der Waals surface area (Å²) in [6, 6.07) is 2.15. The fourth-order valence-electron chi connectivity index (χ4n) is 3.48. The molecule has 0 radical (unpaired) electrons. The van der Waals surface area contributed by atoms with Crippen molar-refractivity contribution in [2.75, 3.05) is 13.2 Å². The van der Waals surface area contributed by atoms with Crippen molar-refractivity contribution in [1.29, 1.82) is 0 Å². The van der Waals surface area contributed by atoms with E-state index in [1.165, 1.54) is 10.4 Å². The van der Waals surface area contributed by atoms with Gasteiger partial charge in [-0.15, -0.1) is 21.5 Å². The summed E-state index contributed by atoms with van der Waals surface area (Å²) in [5.74, 6) is 2.39. The minimum Gasteiger partial charge on any atom is -0.372 e. The fraction of sp³-hybridized carbons (Fsp3) is 0.588. The van der Waals surface area contributed by atoms with E-state index in [0.29, 0.717) is 32.0 Å². The molecule has 0 unspecified atom stereocenters. The van der Waals surface area contributed by atoms with Crippen LogP contribution in [-0.2, 0) is 29.0 Å². The van der Waals surface area contributed by atoms with Crippen molar-refractivity contribution in [3.63, 3.8) is 0 Å². The average Bonchev–Trinajstić information content (AvgIpc) is 3.21. The second-order valence-electron chi connectivity index (χ2n) is 6.72. The van der Waals surface area contributed by atoms with E-state index in [1.54, 1.807) is 11.3 Å². The third-order valence-corrected chi connectivity index (χ3v) is 5.83. The standard InChI is InChI=1S/C17H22N4O2S/c1-11(2)17-19-18-14-10-20(5-6-21(14)17)15(22)9-13-16-12(3-7-23-13)4-8-24-16/h4,8,11,13H,3,5-7,9-10H2,1-2H3/t13-/m1/s1. The molecule has 0 saturated carbocycles. The number of nitrogens with zero attached hydrogens (tertiary/aromatic N) is 4. The number of rotatable bonds is 3. The van der Waals surface area contributed by atoms with Crippen molar-refractivity contribution in [2.24, 2.45) is 0 Å². The maximum Gasteiger partial charge on any atom is 0.226 e. The van der Waals surface area contributed by atoms with E-state index in [2.05, 4.69) is 40.1 Å². The van der Waals surface area contributed by atoms with Crippen LogP contribution in [0.3, 0.4) is 0 Å². The first-order valence-electron chi connectivity index (χ1n) is 8.51. The highest BCUT2D eigenvalue weighted by Gasteiger charge is 2.30. The summed E-state index contributed by atoms with van der Waals surface area (Å²) in [6.07, 6.45) is 1.28. The van der Waals surface area contributed by atoms with Gasteiger partial charge in [-0.3, -0.25) is 4.79 Å². The van der Waals surface area contributed by atoms with Gasteiger partial charge in [-0.1, -0.05) is 13.8 Å². The minimum absolute atomic E-state index is 0.0905. The Balaban J connectivity index is 1.45. The van der Waals surface area contributed by atoms with E-state index in [1.807, 2.05) is 4.90 Å². The van der Waals surface area contributed by atoms with Crippen molar-refractivity contribution in [3.8, 4) is 0 Å². The highest BCUT2D eigenvalue weighted by atomic mass is 32.1. The molecule has 2 aromatic rings. The number of hydrogen-bond acceptors (Lipinski definition) is 5. The van der Waals surface area contributed by atoms with Gasteiger partial charge in [0.2, 0.25) is 5.91 Å². The largest absolute Gasteiger partial charge is 0.372 e. The Morgan fingerprint density at radius 1 is 1.42 bits per heavy atom. The van der Waals surface area contributed by atoms with Gasteiger partial charge in [0.05, 0.1) is 19.6 Å². The van der Waals surface area contributed by atoms with Crippen LogP contribution in [-0.4, -0.2) is 38.7 Å². The van der Waals surface area contributed by atoms with E-state index in [0.717, 1.165) is 24.6 Å². The molecule has 1 amide bonds. The summed E-state index contributed by atoms with van der Waals surface area (Å²) in [4.78, 5) is 15.8. The molecule has 0 saturated heterocycles. The SMILES string of the molecule is CC(C)c1nnc2n1CCN(C(=O)C[C@H]1OCCc3ccsc31)C2. The van der Waals surface area contributed by atoms with Gasteiger partial charge in [0, 0.05) is 23.9 Å². The fourth-order valence-corrected chi connectivity index (χ4v) is 4.49. The number of fused-ring (bicyclic) bond motifs is 2. The van der Waals surface area contributed by atoms with Crippen LogP contribution in [0.2, 0.25) is 0 Å². The van der Waals surface area contributed by atoms with Crippen molar-refractivity contribution >= 4 is 17.2 Å². The summed E-state index contributed by atoms with van der Waals surface area (Å²) in [5.41, 5.74) is 1.34. The van der Waals surface area contributed by atoms with Crippen LogP contribution in [0.1, 0.15) is 54.4 Å². The lowest BCUT2D eigenvalue weighted by Crippen LogP contribution is -2.39. The topological polar surface area (TPSA) is 60.2 Å². The van der Waals surface area contributed by atoms with Gasteiger partial charge in [0.15, 0.2) is 5.82 Å². The molecule has 4 heterocycles. The molecule has 128 valence electrons. The predicted octanol–water partition coefficient (Wildman–Crippen LogP) is 2.51. The molecular formula is C17H22N4O2S. The zero-order valence-electron chi connectivity index (χ0n) is 14.1. The Morgan fingerprint density at radius 2 is 2.29 bits per heavy atom. The molecule has 0 aromatic carbocycles. The molecule has 0 spiro atoms. The number of aromatic nitrogens is 3. The molecule has 0 aliphatic carbocycles. The Bertz CT molecular complexity index is 752. The molecule has 4 rings (SSSR count). The van der Waals surface area contributed by atoms with E-state index in [9.17, 15) is 4.79 Å². The van der Waals surface area contributed by atoms with Gasteiger partial charge in [-0.05, 0) is 23.4 Å². The molecule has 2 aliphatic heterocycles. The maximum absolute atomic E-state index is 12.7. The minimum atomic E-state index is -0.0905. The highest BCUT2D eigenvalue weighted by Crippen LogP contribution is 2.34. The second kappa shape index (κ2) is 6.29. The highest BCUT2D eigenvalue weighted by molar-refractivity contribution is 7.10. The Labute approximate surface area is 145 Å². The number of ether oxygens (including phenoxy) is 1. The van der Waals surface area contributed by atoms with Crippen molar-refractivity contribution in [2.45, 2.75) is 51.8 Å². The second-order valence-corrected chi connectivity index (χ2v) is 7.67. The Hall–Kier alpha value is -1.73. The molecular weight excluding hydrogens is 324 g/mol. The molecule has 0 fully saturated rings. The van der Waals surface area contributed by atoms with E-state index < -0.39 is 0 Å². The molecule has 7 heteroatoms. The summed E-state index contributed by atoms with van der Waals surface area (Å²) in [6.45, 7) is 6.98. The molecule has 2 aliphatic rings. The first-order chi connectivity index (χ1) is 11.6. The molecule has 24 heavy (non-hydrogen) atoms. The number of hydrogen-bond donors (Lipinski definition) is 0. The smallest absolute Gasteiger partial charge is 0.226 e. The zero-order chi connectivity index (χ0) is 16.7. The average molecular weight is 346 g/mol. The third-order valence-electron chi connectivity index (χ3n) is 4.77. The molecule has 2 aromatic heterocycles. The quantitative estimate of drug-likeness (QED) is 0.857. The van der Waals surface area contributed by atoms with Crippen LogP contribution in [0.25, 0.3) is 0 Å². The number of carbonyl (C=O) groups excluding carboxylic acids is 1. The van der Waals surface area contributed by atoms with Gasteiger partial charge in [0.25, 0.3) is 0 Å². The van der Waals surface area contributed by atoms with Crippen LogP contribution in [0.5, 0.6) is 0 Å². The Kier molecular flexibility index (Phi) is 4.14. The van der Waals surface area contributed by atoms with Crippen LogP contribution in [0.4, 0.5) is 0 Å². The van der Waals surface area contributed by atoms with Gasteiger partial charge in [0.1, 0.15) is 11.9 Å². The van der Waals surface area contributed by atoms with Crippen LogP contribution < -0.4 is 0 Å². The molecule has 1 atom stereocenters. The van der Waals surface area contributed by atoms with Crippen LogP contribution in [0, 0.1) is 0 Å². The third kappa shape index (κ3) is 2.75. The van der Waals surface area contributed by atoms with E-state index in [4.69, 9.17) is 4.74 Å². The van der Waals surface area contributed by atoms with Gasteiger partial charge < -0.3 is 14.2 Å². The summed E-state index contributed by atoms with van der Waals surface area (Å²) < 4.78 is 8.01. The lowest BCUT2D eigenvalue weighted by molar-refractivity contribution is -0.136. The van der Waals surface area contributed by atoms with E-state index >= 15 is 0 Å². The number of thiophene rings is 1. The first-order valence-corrected chi connectivity index (χ1v) is 9.39. The van der Waals surface area contributed by atoms with Crippen LogP contribution >= 0.6 is 11.3 Å². The van der Waals surface area contributed by atoms with Gasteiger partial charge >= 0.3 is 0 Å². The summed E-state index contributed by atoms with van der Waals surface area (Å²) in [7, 11) is 0. The summed E-state index contributed by atoms with van der Waals surface area (Å²) >= 11 is 1.70. The number of carbonyl (C=O) groups is 1. The normalized spacial score (nSPS) is 20.1. The first kappa shape index (κ1) is 15.8. The monoisotopic (exact) mass is 346 g/mol. The lowest BCUT2D eigenvalue weighted by Gasteiger charge is -2.30. The molecule has 0 bridgehead atoms.